The van der Waals surface area contributed by atoms with Crippen molar-refractivity contribution in [2.75, 3.05) is 20.2 Å². The molecule has 1 fully saturated rings. The molecule has 0 unspecified atom stereocenters. The summed E-state index contributed by atoms with van der Waals surface area (Å²) in [6.45, 7) is 3.68. The van der Waals surface area contributed by atoms with Crippen molar-refractivity contribution in [3.63, 3.8) is 0 Å². The van der Waals surface area contributed by atoms with Crippen molar-refractivity contribution in [3.05, 3.63) is 57.9 Å². The number of rotatable bonds is 4. The highest BCUT2D eigenvalue weighted by Crippen LogP contribution is 2.34. The third-order valence-corrected chi connectivity index (χ3v) is 6.28. The van der Waals surface area contributed by atoms with Crippen LogP contribution in [0.15, 0.2) is 42.6 Å². The molecular weight excluding hydrogens is 356 g/mol. The Morgan fingerprint density at radius 1 is 1.26 bits per heavy atom. The van der Waals surface area contributed by atoms with Crippen LogP contribution in [0.3, 0.4) is 0 Å². The molecule has 2 aromatic heterocycles. The Hall–Kier alpha value is -2.53. The zero-order valence-electron chi connectivity index (χ0n) is 15.7. The van der Waals surface area contributed by atoms with Gasteiger partial charge in [0.2, 0.25) is 5.91 Å². The number of hydrogen-bond donors (Lipinski definition) is 1. The first-order chi connectivity index (χ1) is 13.1. The molecule has 1 N–H and O–H groups in total. The lowest BCUT2D eigenvalue weighted by atomic mass is 9.89. The largest absolute Gasteiger partial charge is 0.497 e. The average molecular weight is 381 g/mol. The van der Waals surface area contributed by atoms with Crippen molar-refractivity contribution in [2.45, 2.75) is 25.7 Å². The first-order valence-electron chi connectivity index (χ1n) is 9.32. The number of fused-ring (bicyclic) bond motifs is 1. The van der Waals surface area contributed by atoms with Gasteiger partial charge >= 0.3 is 0 Å². The van der Waals surface area contributed by atoms with Gasteiger partial charge in [-0.3, -0.25) is 4.79 Å². The van der Waals surface area contributed by atoms with Crippen LogP contribution < -0.4 is 4.74 Å². The van der Waals surface area contributed by atoms with E-state index in [0.717, 1.165) is 42.1 Å². The standard InChI is InChI=1S/C22H24N2O2S/c1-15-3-5-18(27-15)6-8-22(25)24-11-9-16(10-12-24)20-14-23-21-7-4-17(26-2)13-19(20)21/h3-8,13-14,16,23H,9-12H2,1-2H3/b8-6+. The summed E-state index contributed by atoms with van der Waals surface area (Å²) in [6, 6.07) is 10.3. The maximum absolute atomic E-state index is 12.5. The van der Waals surface area contributed by atoms with Crippen molar-refractivity contribution in [3.8, 4) is 5.75 Å². The molecule has 140 valence electrons. The highest BCUT2D eigenvalue weighted by atomic mass is 32.1. The maximum atomic E-state index is 12.5. The third-order valence-electron chi connectivity index (χ3n) is 5.32. The van der Waals surface area contributed by atoms with E-state index in [1.165, 1.54) is 15.8 Å². The Kier molecular flexibility index (Phi) is 5.03. The summed E-state index contributed by atoms with van der Waals surface area (Å²) in [5.41, 5.74) is 2.47. The summed E-state index contributed by atoms with van der Waals surface area (Å²) in [5, 5.41) is 1.23. The number of nitrogens with zero attached hydrogens (tertiary/aromatic N) is 1. The van der Waals surface area contributed by atoms with Gasteiger partial charge in [0.25, 0.3) is 0 Å². The minimum absolute atomic E-state index is 0.111. The van der Waals surface area contributed by atoms with Gasteiger partial charge in [0.15, 0.2) is 0 Å². The highest BCUT2D eigenvalue weighted by molar-refractivity contribution is 7.12. The molecule has 4 nitrogen and oxygen atoms in total. The van der Waals surface area contributed by atoms with E-state index in [2.05, 4.69) is 42.4 Å². The fourth-order valence-electron chi connectivity index (χ4n) is 3.80. The molecule has 27 heavy (non-hydrogen) atoms. The summed E-state index contributed by atoms with van der Waals surface area (Å²) in [6.07, 6.45) is 7.73. The minimum atomic E-state index is 0.111. The number of thiophene rings is 1. The van der Waals surface area contributed by atoms with Gasteiger partial charge in [0.05, 0.1) is 7.11 Å². The number of likely N-dealkylation sites (tertiary alicyclic amines) is 1. The van der Waals surface area contributed by atoms with E-state index in [4.69, 9.17) is 4.74 Å². The molecule has 0 bridgehead atoms. The molecule has 1 aliphatic heterocycles. The van der Waals surface area contributed by atoms with Crippen molar-refractivity contribution < 1.29 is 9.53 Å². The molecule has 0 aliphatic carbocycles. The van der Waals surface area contributed by atoms with Crippen LogP contribution in [-0.4, -0.2) is 36.0 Å². The molecule has 1 saturated heterocycles. The van der Waals surface area contributed by atoms with Crippen LogP contribution >= 0.6 is 11.3 Å². The number of aromatic amines is 1. The summed E-state index contributed by atoms with van der Waals surface area (Å²) in [7, 11) is 1.70. The van der Waals surface area contributed by atoms with Crippen LogP contribution in [0.5, 0.6) is 5.75 Å². The van der Waals surface area contributed by atoms with Crippen LogP contribution in [0.1, 0.15) is 34.1 Å². The topological polar surface area (TPSA) is 45.3 Å². The van der Waals surface area contributed by atoms with Crippen molar-refractivity contribution >= 4 is 34.2 Å². The minimum Gasteiger partial charge on any atom is -0.497 e. The number of hydrogen-bond acceptors (Lipinski definition) is 3. The first kappa shape index (κ1) is 17.9. The maximum Gasteiger partial charge on any atom is 0.246 e. The van der Waals surface area contributed by atoms with Gasteiger partial charge in [-0.15, -0.1) is 11.3 Å². The Morgan fingerprint density at radius 3 is 2.78 bits per heavy atom. The van der Waals surface area contributed by atoms with Gasteiger partial charge in [-0.05, 0) is 67.7 Å². The van der Waals surface area contributed by atoms with Gasteiger partial charge in [-0.1, -0.05) is 0 Å². The van der Waals surface area contributed by atoms with Gasteiger partial charge in [-0.25, -0.2) is 0 Å². The van der Waals surface area contributed by atoms with E-state index < -0.39 is 0 Å². The number of methoxy groups -OCH3 is 1. The Morgan fingerprint density at radius 2 is 2.07 bits per heavy atom. The number of piperidine rings is 1. The Labute approximate surface area is 163 Å². The lowest BCUT2D eigenvalue weighted by Gasteiger charge is -2.31. The SMILES string of the molecule is COc1ccc2[nH]cc(C3CCN(C(=O)/C=C/c4ccc(C)s4)CC3)c2c1. The number of ether oxygens (including phenoxy) is 1. The number of amides is 1. The van der Waals surface area contributed by atoms with Gasteiger partial charge in [0, 0.05) is 46.0 Å². The van der Waals surface area contributed by atoms with E-state index in [-0.39, 0.29) is 5.91 Å². The van der Waals surface area contributed by atoms with Gasteiger partial charge in [-0.2, -0.15) is 0 Å². The molecule has 3 aromatic rings. The predicted octanol–water partition coefficient (Wildman–Crippen LogP) is 4.97. The second-order valence-electron chi connectivity index (χ2n) is 7.04. The monoisotopic (exact) mass is 380 g/mol. The summed E-state index contributed by atoms with van der Waals surface area (Å²) in [5.74, 6) is 1.46. The van der Waals surface area contributed by atoms with E-state index in [1.54, 1.807) is 24.5 Å². The van der Waals surface area contributed by atoms with Gasteiger partial charge < -0.3 is 14.6 Å². The highest BCUT2D eigenvalue weighted by Gasteiger charge is 2.24. The van der Waals surface area contributed by atoms with Crippen molar-refractivity contribution in [1.82, 2.24) is 9.88 Å². The number of aryl methyl sites for hydroxylation is 1. The lowest BCUT2D eigenvalue weighted by molar-refractivity contribution is -0.126. The normalized spacial score (nSPS) is 15.7. The van der Waals surface area contributed by atoms with Gasteiger partial charge in [0.1, 0.15) is 5.75 Å². The molecule has 1 aliphatic rings. The van der Waals surface area contributed by atoms with E-state index in [0.29, 0.717) is 5.92 Å². The number of nitrogens with one attached hydrogen (secondary N) is 1. The summed E-state index contributed by atoms with van der Waals surface area (Å²) in [4.78, 5) is 20.2. The summed E-state index contributed by atoms with van der Waals surface area (Å²) < 4.78 is 5.37. The fraction of sp³-hybridized carbons (Fsp3) is 0.318. The van der Waals surface area contributed by atoms with Crippen molar-refractivity contribution in [1.29, 1.82) is 0 Å². The molecule has 0 radical (unpaired) electrons. The van der Waals surface area contributed by atoms with E-state index in [1.807, 2.05) is 17.0 Å². The molecule has 3 heterocycles. The Balaban J connectivity index is 1.41. The molecule has 0 spiro atoms. The number of carbonyl (C=O) groups excluding carboxylic acids is 1. The second kappa shape index (κ2) is 7.61. The van der Waals surface area contributed by atoms with Crippen LogP contribution in [-0.2, 0) is 4.79 Å². The zero-order chi connectivity index (χ0) is 18.8. The van der Waals surface area contributed by atoms with E-state index >= 15 is 0 Å². The molecule has 0 saturated carbocycles. The predicted molar refractivity (Wildman–Crippen MR) is 111 cm³/mol. The molecule has 1 aromatic carbocycles. The number of benzene rings is 1. The molecule has 1 amide bonds. The number of H-pyrrole nitrogens is 1. The average Bonchev–Trinajstić information content (AvgIpc) is 3.31. The fourth-order valence-corrected chi connectivity index (χ4v) is 4.58. The molecule has 4 rings (SSSR count). The smallest absolute Gasteiger partial charge is 0.246 e. The van der Waals surface area contributed by atoms with Crippen LogP contribution in [0.25, 0.3) is 17.0 Å². The quantitative estimate of drug-likeness (QED) is 0.650. The second-order valence-corrected chi connectivity index (χ2v) is 8.36. The number of aromatic nitrogens is 1. The molecule has 0 atom stereocenters. The zero-order valence-corrected chi connectivity index (χ0v) is 16.5. The number of carbonyl (C=O) groups is 1. The molecular formula is C22H24N2O2S. The lowest BCUT2D eigenvalue weighted by Crippen LogP contribution is -2.36. The van der Waals surface area contributed by atoms with E-state index in [9.17, 15) is 4.79 Å². The van der Waals surface area contributed by atoms with Crippen molar-refractivity contribution in [2.24, 2.45) is 0 Å². The first-order valence-corrected chi connectivity index (χ1v) is 10.1. The Bertz CT molecular complexity index is 977. The third kappa shape index (κ3) is 3.78. The molecule has 5 heteroatoms. The summed E-state index contributed by atoms with van der Waals surface area (Å²) >= 11 is 1.71. The van der Waals surface area contributed by atoms with Crippen LogP contribution in [0, 0.1) is 6.92 Å². The van der Waals surface area contributed by atoms with Crippen LogP contribution in [0.2, 0.25) is 0 Å². The van der Waals surface area contributed by atoms with Crippen LogP contribution in [0.4, 0.5) is 0 Å².